The molecule has 5 aromatic rings. The molecule has 1 heterocycles. The number of rotatable bonds is 4. The first-order chi connectivity index (χ1) is 17.6. The number of methoxy groups -OCH3 is 1. The molecule has 1 saturated heterocycles. The van der Waals surface area contributed by atoms with Gasteiger partial charge < -0.3 is 4.74 Å². The van der Waals surface area contributed by atoms with Crippen molar-refractivity contribution in [2.24, 2.45) is 0 Å². The Labute approximate surface area is 207 Å². The van der Waals surface area contributed by atoms with E-state index in [0.717, 1.165) is 43.4 Å². The second-order valence-electron chi connectivity index (χ2n) is 9.29. The maximum atomic E-state index is 13.1. The third-order valence-electron chi connectivity index (χ3n) is 7.41. The first kappa shape index (κ1) is 22.2. The lowest BCUT2D eigenvalue weighted by Gasteiger charge is -2.23. The van der Waals surface area contributed by atoms with Gasteiger partial charge in [-0.15, -0.1) is 0 Å². The van der Waals surface area contributed by atoms with Crippen molar-refractivity contribution in [3.05, 3.63) is 118 Å². The van der Waals surface area contributed by atoms with Crippen molar-refractivity contribution in [1.82, 2.24) is 5.32 Å². The predicted molar refractivity (Wildman–Crippen MR) is 141 cm³/mol. The maximum Gasteiger partial charge on any atom is 0.323 e. The molecule has 1 fully saturated rings. The van der Waals surface area contributed by atoms with E-state index >= 15 is 0 Å². The van der Waals surface area contributed by atoms with Gasteiger partial charge in [-0.2, -0.15) is 0 Å². The molecule has 4 atom stereocenters. The van der Waals surface area contributed by atoms with E-state index in [4.69, 9.17) is 4.74 Å². The molecule has 0 saturated carbocycles. The zero-order valence-corrected chi connectivity index (χ0v) is 19.6. The molecule has 1 aliphatic heterocycles. The molecule has 6 heteroatoms. The molecule has 5 aromatic carbocycles. The van der Waals surface area contributed by atoms with E-state index in [-0.39, 0.29) is 4.92 Å². The van der Waals surface area contributed by atoms with Crippen molar-refractivity contribution in [3.8, 4) is 0 Å². The highest BCUT2D eigenvalue weighted by Gasteiger charge is 2.55. The lowest BCUT2D eigenvalue weighted by atomic mass is 9.80. The van der Waals surface area contributed by atoms with E-state index in [1.807, 2.05) is 91.0 Å². The second-order valence-corrected chi connectivity index (χ2v) is 9.29. The Morgan fingerprint density at radius 3 is 2.00 bits per heavy atom. The third-order valence-corrected chi connectivity index (χ3v) is 7.41. The zero-order chi connectivity index (χ0) is 24.8. The monoisotopic (exact) mass is 476 g/mol. The summed E-state index contributed by atoms with van der Waals surface area (Å²) in [5, 5.41) is 21.9. The Balaban J connectivity index is 1.61. The van der Waals surface area contributed by atoms with Crippen LogP contribution in [-0.2, 0) is 9.53 Å². The van der Waals surface area contributed by atoms with Gasteiger partial charge in [0.25, 0.3) is 0 Å². The average molecular weight is 477 g/mol. The van der Waals surface area contributed by atoms with E-state index in [2.05, 4.69) is 11.4 Å². The van der Waals surface area contributed by atoms with Crippen molar-refractivity contribution < 1.29 is 14.5 Å². The first-order valence-electron chi connectivity index (χ1n) is 11.9. The van der Waals surface area contributed by atoms with Crippen LogP contribution in [0.5, 0.6) is 0 Å². The number of hydrogen-bond acceptors (Lipinski definition) is 5. The van der Waals surface area contributed by atoms with Gasteiger partial charge in [0.2, 0.25) is 6.04 Å². The summed E-state index contributed by atoms with van der Waals surface area (Å²) in [6, 6.07) is 28.9. The van der Waals surface area contributed by atoms with Crippen molar-refractivity contribution in [3.63, 3.8) is 0 Å². The number of carbonyl (C=O) groups is 1. The molecule has 0 aliphatic carbocycles. The van der Waals surface area contributed by atoms with Crippen LogP contribution < -0.4 is 5.32 Å². The van der Waals surface area contributed by atoms with E-state index in [0.29, 0.717) is 0 Å². The van der Waals surface area contributed by atoms with Gasteiger partial charge in [0.05, 0.1) is 13.0 Å². The summed E-state index contributed by atoms with van der Waals surface area (Å²) in [4.78, 5) is 25.7. The molecule has 178 valence electrons. The summed E-state index contributed by atoms with van der Waals surface area (Å²) < 4.78 is 5.17. The smallest absolute Gasteiger partial charge is 0.323 e. The van der Waals surface area contributed by atoms with E-state index in [9.17, 15) is 14.9 Å². The molecule has 6 rings (SSSR count). The number of nitrogens with one attached hydrogen (secondary N) is 1. The van der Waals surface area contributed by atoms with Crippen molar-refractivity contribution in [2.45, 2.75) is 24.0 Å². The minimum atomic E-state index is -1.08. The van der Waals surface area contributed by atoms with Gasteiger partial charge in [0.15, 0.2) is 0 Å². The molecule has 1 aliphatic rings. The number of nitrogens with zero attached hydrogens (tertiary/aromatic N) is 1. The Morgan fingerprint density at radius 1 is 0.806 bits per heavy atom. The molecule has 0 radical (unpaired) electrons. The van der Waals surface area contributed by atoms with Crippen LogP contribution in [0.15, 0.2) is 97.1 Å². The quantitative estimate of drug-likeness (QED) is 0.154. The van der Waals surface area contributed by atoms with E-state index < -0.39 is 30.0 Å². The molecule has 0 bridgehead atoms. The number of nitro groups is 1. The van der Waals surface area contributed by atoms with Crippen LogP contribution in [0.3, 0.4) is 0 Å². The first-order valence-corrected chi connectivity index (χ1v) is 11.9. The molecule has 6 nitrogen and oxygen atoms in total. The Bertz CT molecular complexity index is 1590. The minimum Gasteiger partial charge on any atom is -0.468 e. The van der Waals surface area contributed by atoms with Crippen LogP contribution in [0.25, 0.3) is 32.3 Å². The van der Waals surface area contributed by atoms with Gasteiger partial charge in [0, 0.05) is 4.92 Å². The highest BCUT2D eigenvalue weighted by atomic mass is 16.6. The molecule has 1 N–H and O–H groups in total. The van der Waals surface area contributed by atoms with Gasteiger partial charge in [-0.05, 0) is 55.6 Å². The largest absolute Gasteiger partial charge is 0.468 e. The lowest BCUT2D eigenvalue weighted by Crippen LogP contribution is -2.37. The van der Waals surface area contributed by atoms with Crippen LogP contribution >= 0.6 is 0 Å². The van der Waals surface area contributed by atoms with Gasteiger partial charge in [-0.3, -0.25) is 20.2 Å². The zero-order valence-electron chi connectivity index (χ0n) is 19.6. The second kappa shape index (κ2) is 8.73. The van der Waals surface area contributed by atoms with Crippen molar-refractivity contribution in [2.75, 3.05) is 7.11 Å². The fourth-order valence-corrected chi connectivity index (χ4v) is 5.83. The molecular weight excluding hydrogens is 452 g/mol. The molecule has 0 unspecified atom stereocenters. The van der Waals surface area contributed by atoms with Gasteiger partial charge in [-0.25, -0.2) is 0 Å². The summed E-state index contributed by atoms with van der Waals surface area (Å²) in [5.41, 5.74) is 1.58. The number of hydrogen-bond donors (Lipinski definition) is 1. The average Bonchev–Trinajstić information content (AvgIpc) is 3.31. The van der Waals surface area contributed by atoms with Crippen LogP contribution in [0.2, 0.25) is 0 Å². The highest BCUT2D eigenvalue weighted by Crippen LogP contribution is 2.45. The van der Waals surface area contributed by atoms with Crippen LogP contribution in [0, 0.1) is 10.1 Å². The van der Waals surface area contributed by atoms with Crippen molar-refractivity contribution in [1.29, 1.82) is 0 Å². The van der Waals surface area contributed by atoms with E-state index in [1.54, 1.807) is 0 Å². The van der Waals surface area contributed by atoms with Crippen LogP contribution in [-0.4, -0.2) is 30.1 Å². The van der Waals surface area contributed by atoms with Crippen LogP contribution in [0.4, 0.5) is 0 Å². The molecular formula is C30H24N2O4. The predicted octanol–water partition coefficient (Wildman–Crippen LogP) is 5.76. The third kappa shape index (κ3) is 3.49. The Morgan fingerprint density at radius 2 is 1.39 bits per heavy atom. The molecule has 0 spiro atoms. The van der Waals surface area contributed by atoms with Gasteiger partial charge >= 0.3 is 5.97 Å². The van der Waals surface area contributed by atoms with E-state index in [1.165, 1.54) is 7.11 Å². The number of ether oxygens (including phenoxy) is 1. The fourth-order valence-electron chi connectivity index (χ4n) is 5.83. The molecule has 0 aromatic heterocycles. The lowest BCUT2D eigenvalue weighted by molar-refractivity contribution is -0.527. The number of fused-ring (bicyclic) bond motifs is 3. The Kier molecular flexibility index (Phi) is 5.38. The number of carbonyl (C=O) groups excluding carboxylic acids is 1. The molecule has 0 amide bonds. The summed E-state index contributed by atoms with van der Waals surface area (Å²) >= 11 is 0. The standard InChI is InChI=1S/C30H24N2O4/c1-36-30(33)28-26(25-23-12-6-4-10-20(23)17-21-11-5-7-13-24(21)25)29(32(34)35)27(31-28)22-15-14-18-8-2-3-9-19(18)16-22/h2-17,26-29,31H,1H3/t26-,27+,28+,29+/m1/s1. The van der Waals surface area contributed by atoms with Gasteiger partial charge in [0.1, 0.15) is 12.1 Å². The summed E-state index contributed by atoms with van der Waals surface area (Å²) in [6.07, 6.45) is 0. The summed E-state index contributed by atoms with van der Waals surface area (Å²) in [6.45, 7) is 0. The number of benzene rings is 5. The topological polar surface area (TPSA) is 81.5 Å². The van der Waals surface area contributed by atoms with Crippen LogP contribution in [0.1, 0.15) is 23.1 Å². The SMILES string of the molecule is COC(=O)[C@H]1N[C@@H](c2ccc3ccccc3c2)[C@@H]([N+](=O)[O-])[C@@H]1c1c2ccccc2cc2ccccc12. The summed E-state index contributed by atoms with van der Waals surface area (Å²) in [5.74, 6) is -1.24. The highest BCUT2D eigenvalue weighted by molar-refractivity contribution is 6.03. The summed E-state index contributed by atoms with van der Waals surface area (Å²) in [7, 11) is 1.33. The minimum absolute atomic E-state index is 0.239. The number of esters is 1. The maximum absolute atomic E-state index is 13.1. The van der Waals surface area contributed by atoms with Gasteiger partial charge in [-0.1, -0.05) is 84.9 Å². The normalized spacial score (nSPS) is 21.7. The van der Waals surface area contributed by atoms with Crippen molar-refractivity contribution >= 4 is 38.3 Å². The fraction of sp³-hybridized carbons (Fsp3) is 0.167. The Hall–Kier alpha value is -4.29. The molecule has 36 heavy (non-hydrogen) atoms.